The van der Waals surface area contributed by atoms with Crippen LogP contribution in [0.4, 0.5) is 17.3 Å². The molecule has 128 valence electrons. The monoisotopic (exact) mass is 354 g/mol. The van der Waals surface area contributed by atoms with E-state index in [2.05, 4.69) is 20.6 Å². The Bertz CT molecular complexity index is 841. The summed E-state index contributed by atoms with van der Waals surface area (Å²) in [4.78, 5) is 8.84. The van der Waals surface area contributed by atoms with Crippen molar-refractivity contribution in [3.05, 3.63) is 65.8 Å². The molecule has 3 rings (SSSR count). The molecule has 2 aromatic carbocycles. The first-order valence-electron chi connectivity index (χ1n) is 8.05. The Kier molecular flexibility index (Phi) is 5.82. The van der Waals surface area contributed by atoms with E-state index in [1.807, 2.05) is 54.6 Å². The van der Waals surface area contributed by atoms with Crippen LogP contribution in [0.15, 0.2) is 60.8 Å². The topological polar surface area (TPSA) is 70.1 Å². The summed E-state index contributed by atoms with van der Waals surface area (Å²) < 4.78 is 0. The van der Waals surface area contributed by atoms with E-state index in [9.17, 15) is 0 Å². The van der Waals surface area contributed by atoms with Gasteiger partial charge in [0.15, 0.2) is 0 Å². The first-order valence-corrected chi connectivity index (χ1v) is 8.43. The maximum Gasteiger partial charge on any atom is 0.227 e. The van der Waals surface area contributed by atoms with Gasteiger partial charge < -0.3 is 15.7 Å². The second kappa shape index (κ2) is 8.46. The summed E-state index contributed by atoms with van der Waals surface area (Å²) in [7, 11) is 0. The maximum absolute atomic E-state index is 8.87. The van der Waals surface area contributed by atoms with Crippen molar-refractivity contribution in [3.63, 3.8) is 0 Å². The summed E-state index contributed by atoms with van der Waals surface area (Å²) in [6.45, 7) is 0.905. The smallest absolute Gasteiger partial charge is 0.227 e. The third kappa shape index (κ3) is 4.92. The third-order valence-corrected chi connectivity index (χ3v) is 3.79. The molecule has 6 heteroatoms. The zero-order valence-electron chi connectivity index (χ0n) is 13.6. The van der Waals surface area contributed by atoms with Crippen LogP contribution in [-0.2, 0) is 0 Å². The largest absolute Gasteiger partial charge is 0.396 e. The average molecular weight is 355 g/mol. The number of rotatable bonds is 7. The number of halogens is 1. The van der Waals surface area contributed by atoms with E-state index in [0.717, 1.165) is 29.2 Å². The average Bonchev–Trinajstić information content (AvgIpc) is 2.63. The molecule has 1 aromatic heterocycles. The molecule has 0 bridgehead atoms. The number of anilines is 3. The summed E-state index contributed by atoms with van der Waals surface area (Å²) in [5, 5.41) is 16.0. The normalized spacial score (nSPS) is 10.5. The Morgan fingerprint density at radius 2 is 1.84 bits per heavy atom. The van der Waals surface area contributed by atoms with E-state index >= 15 is 0 Å². The van der Waals surface area contributed by atoms with Crippen molar-refractivity contribution in [2.24, 2.45) is 0 Å². The maximum atomic E-state index is 8.87. The predicted octanol–water partition coefficient (Wildman–Crippen LogP) is 4.33. The molecule has 0 unspecified atom stereocenters. The molecule has 0 spiro atoms. The lowest BCUT2D eigenvalue weighted by molar-refractivity contribution is 0.292. The van der Waals surface area contributed by atoms with Crippen LogP contribution in [0.25, 0.3) is 11.3 Å². The zero-order valence-corrected chi connectivity index (χ0v) is 14.4. The van der Waals surface area contributed by atoms with Gasteiger partial charge in [-0.1, -0.05) is 29.8 Å². The van der Waals surface area contributed by atoms with E-state index in [-0.39, 0.29) is 6.61 Å². The van der Waals surface area contributed by atoms with Crippen LogP contribution in [0.2, 0.25) is 5.02 Å². The minimum Gasteiger partial charge on any atom is -0.396 e. The van der Waals surface area contributed by atoms with Gasteiger partial charge in [-0.2, -0.15) is 0 Å². The first-order chi connectivity index (χ1) is 12.2. The number of nitrogens with zero attached hydrogens (tertiary/aromatic N) is 2. The summed E-state index contributed by atoms with van der Waals surface area (Å²) >= 11 is 6.00. The van der Waals surface area contributed by atoms with Gasteiger partial charge in [0.05, 0.1) is 5.69 Å². The fraction of sp³-hybridized carbons (Fsp3) is 0.158. The van der Waals surface area contributed by atoms with Crippen LogP contribution < -0.4 is 10.6 Å². The lowest BCUT2D eigenvalue weighted by Gasteiger charge is -2.09. The van der Waals surface area contributed by atoms with Crippen molar-refractivity contribution in [2.75, 3.05) is 23.8 Å². The molecule has 25 heavy (non-hydrogen) atoms. The van der Waals surface area contributed by atoms with Gasteiger partial charge in [-0.15, -0.1) is 0 Å². The van der Waals surface area contributed by atoms with Crippen LogP contribution in [-0.4, -0.2) is 28.2 Å². The number of aliphatic hydroxyl groups excluding tert-OH is 1. The van der Waals surface area contributed by atoms with Crippen LogP contribution in [0.3, 0.4) is 0 Å². The highest BCUT2D eigenvalue weighted by atomic mass is 35.5. The highest BCUT2D eigenvalue weighted by Crippen LogP contribution is 2.23. The van der Waals surface area contributed by atoms with Gasteiger partial charge in [0.25, 0.3) is 0 Å². The number of aliphatic hydroxyl groups is 1. The van der Waals surface area contributed by atoms with Gasteiger partial charge >= 0.3 is 0 Å². The van der Waals surface area contributed by atoms with Gasteiger partial charge in [-0.3, -0.25) is 0 Å². The van der Waals surface area contributed by atoms with E-state index in [1.165, 1.54) is 0 Å². The van der Waals surface area contributed by atoms with Crippen molar-refractivity contribution in [1.82, 2.24) is 9.97 Å². The molecular weight excluding hydrogens is 336 g/mol. The van der Waals surface area contributed by atoms with Crippen LogP contribution >= 0.6 is 11.6 Å². The molecule has 3 aromatic rings. The number of benzene rings is 2. The Morgan fingerprint density at radius 1 is 1.00 bits per heavy atom. The van der Waals surface area contributed by atoms with Crippen molar-refractivity contribution in [1.29, 1.82) is 0 Å². The molecule has 3 N–H and O–H groups in total. The Morgan fingerprint density at radius 3 is 2.68 bits per heavy atom. The summed E-state index contributed by atoms with van der Waals surface area (Å²) in [6, 6.07) is 17.3. The molecule has 0 radical (unpaired) electrons. The lowest BCUT2D eigenvalue weighted by atomic mass is 10.1. The second-order valence-electron chi connectivity index (χ2n) is 5.49. The van der Waals surface area contributed by atoms with Gasteiger partial charge in [0.1, 0.15) is 0 Å². The summed E-state index contributed by atoms with van der Waals surface area (Å²) in [6.07, 6.45) is 2.44. The lowest BCUT2D eigenvalue weighted by Crippen LogP contribution is -2.03. The molecule has 0 aliphatic carbocycles. The van der Waals surface area contributed by atoms with Crippen molar-refractivity contribution in [2.45, 2.75) is 6.42 Å². The molecule has 0 saturated heterocycles. The van der Waals surface area contributed by atoms with Gasteiger partial charge in [-0.25, -0.2) is 9.97 Å². The Labute approximate surface area is 151 Å². The van der Waals surface area contributed by atoms with Gasteiger partial charge in [0.2, 0.25) is 5.95 Å². The zero-order chi connectivity index (χ0) is 17.5. The first kappa shape index (κ1) is 17.2. The van der Waals surface area contributed by atoms with E-state index in [4.69, 9.17) is 16.7 Å². The summed E-state index contributed by atoms with van der Waals surface area (Å²) in [5.41, 5.74) is 3.65. The van der Waals surface area contributed by atoms with Crippen LogP contribution in [0, 0.1) is 0 Å². The second-order valence-corrected chi connectivity index (χ2v) is 5.92. The fourth-order valence-corrected chi connectivity index (χ4v) is 2.57. The van der Waals surface area contributed by atoms with Gasteiger partial charge in [-0.05, 0) is 42.8 Å². The standard InChI is InChI=1S/C19H19ClN4O/c20-15-5-2-7-17(13-15)23-19-22-10-8-18(24-19)14-4-1-6-16(12-14)21-9-3-11-25/h1-2,4-8,10,12-13,21,25H,3,9,11H2,(H,22,23,24). The summed E-state index contributed by atoms with van der Waals surface area (Å²) in [5.74, 6) is 0.512. The SMILES string of the molecule is OCCCNc1cccc(-c2ccnc(Nc3cccc(Cl)c3)n2)c1. The van der Waals surface area contributed by atoms with Crippen LogP contribution in [0.1, 0.15) is 6.42 Å². The molecule has 1 heterocycles. The molecule has 5 nitrogen and oxygen atoms in total. The van der Waals surface area contributed by atoms with E-state index in [0.29, 0.717) is 17.4 Å². The predicted molar refractivity (Wildman–Crippen MR) is 102 cm³/mol. The van der Waals surface area contributed by atoms with Crippen molar-refractivity contribution >= 4 is 28.9 Å². The molecule has 0 saturated carbocycles. The van der Waals surface area contributed by atoms with E-state index < -0.39 is 0 Å². The molecule has 0 aliphatic heterocycles. The van der Waals surface area contributed by atoms with E-state index in [1.54, 1.807) is 6.20 Å². The number of aromatic nitrogens is 2. The minimum absolute atomic E-state index is 0.178. The molecule has 0 aliphatic rings. The van der Waals surface area contributed by atoms with Crippen LogP contribution in [0.5, 0.6) is 0 Å². The quantitative estimate of drug-likeness (QED) is 0.551. The molecular formula is C19H19ClN4O. The highest BCUT2D eigenvalue weighted by Gasteiger charge is 2.04. The van der Waals surface area contributed by atoms with Crippen molar-refractivity contribution < 1.29 is 5.11 Å². The number of nitrogens with one attached hydrogen (secondary N) is 2. The Balaban J connectivity index is 1.78. The fourth-order valence-electron chi connectivity index (χ4n) is 2.38. The Hall–Kier alpha value is -2.63. The molecule has 0 fully saturated rings. The van der Waals surface area contributed by atoms with Crippen molar-refractivity contribution in [3.8, 4) is 11.3 Å². The highest BCUT2D eigenvalue weighted by molar-refractivity contribution is 6.30. The molecule has 0 amide bonds. The minimum atomic E-state index is 0.178. The number of hydrogen-bond acceptors (Lipinski definition) is 5. The number of hydrogen-bond donors (Lipinski definition) is 3. The third-order valence-electron chi connectivity index (χ3n) is 3.56. The van der Waals surface area contributed by atoms with Gasteiger partial charge in [0, 0.05) is 41.3 Å². The molecule has 0 atom stereocenters.